The van der Waals surface area contributed by atoms with Crippen molar-refractivity contribution >= 4 is 8.41 Å². The van der Waals surface area contributed by atoms with Crippen LogP contribution < -0.4 is 18.9 Å². The van der Waals surface area contributed by atoms with Gasteiger partial charge in [0.05, 0.1) is 0 Å². The van der Waals surface area contributed by atoms with E-state index >= 15 is 0 Å². The summed E-state index contributed by atoms with van der Waals surface area (Å²) in [5, 5.41) is 0. The molecule has 0 amide bonds. The summed E-state index contributed by atoms with van der Waals surface area (Å²) in [6, 6.07) is 0. The molecule has 1 saturated heterocycles. The Bertz CT molecular complexity index is 23.3. The number of hydrogen-bond donors (Lipinski definition) is 0. The predicted molar refractivity (Wildman–Crippen MR) is 25.8 cm³/mol. The molecule has 3 heteroatoms. The summed E-state index contributed by atoms with van der Waals surface area (Å²) in [6.07, 6.45) is 2.56. The first-order valence-corrected chi connectivity index (χ1v) is 2.08. The molecule has 1 nitrogen and oxygen atoms in total. The zero-order valence-corrected chi connectivity index (χ0v) is 4.81. The molecule has 1 aliphatic heterocycles. The molecule has 1 rings (SSSR count). The smallest absolute Gasteiger partial charge is 1.00 e. The minimum Gasteiger partial charge on any atom is -1.00 e. The van der Waals surface area contributed by atoms with Crippen LogP contribution in [0.1, 0.15) is 12.8 Å². The fraction of sp³-hybridized carbons (Fsp3) is 1.00. The van der Waals surface area contributed by atoms with Crippen LogP contribution in [0.4, 0.5) is 0 Å². The third-order valence-corrected chi connectivity index (χ3v) is 0.827. The molecule has 0 bridgehead atoms. The van der Waals surface area contributed by atoms with Crippen molar-refractivity contribution in [1.29, 1.82) is 0 Å². The van der Waals surface area contributed by atoms with Gasteiger partial charge in [0.1, 0.15) is 0 Å². The summed E-state index contributed by atoms with van der Waals surface area (Å²) in [5.41, 5.74) is 0. The molecule has 0 unspecified atom stereocenters. The Kier molecular flexibility index (Phi) is 10.0. The second-order valence-electron chi connectivity index (χ2n) is 1.32. The van der Waals surface area contributed by atoms with Crippen LogP contribution in [-0.2, 0) is 4.74 Å². The van der Waals surface area contributed by atoms with E-state index in [2.05, 4.69) is 0 Å². The summed E-state index contributed by atoms with van der Waals surface area (Å²) >= 11 is 0. The van der Waals surface area contributed by atoms with Crippen LogP contribution in [0, 0.1) is 0 Å². The van der Waals surface area contributed by atoms with Gasteiger partial charge in [0, 0.05) is 13.2 Å². The van der Waals surface area contributed by atoms with Gasteiger partial charge in [-0.05, 0) is 12.8 Å². The number of ether oxygens (including phenoxy) is 1. The first kappa shape index (κ1) is 10.6. The van der Waals surface area contributed by atoms with E-state index in [1.165, 1.54) is 12.8 Å². The van der Waals surface area contributed by atoms with E-state index < -0.39 is 0 Å². The van der Waals surface area contributed by atoms with Gasteiger partial charge in [0.2, 0.25) is 0 Å². The van der Waals surface area contributed by atoms with Gasteiger partial charge in [-0.3, -0.25) is 0 Å². The SMILES string of the molecule is C1CCOC1.[B-].[Li+]. The summed E-state index contributed by atoms with van der Waals surface area (Å²) < 4.78 is 4.94. The van der Waals surface area contributed by atoms with E-state index in [9.17, 15) is 0 Å². The van der Waals surface area contributed by atoms with Crippen molar-refractivity contribution in [3.05, 3.63) is 0 Å². The molecule has 0 atom stereocenters. The van der Waals surface area contributed by atoms with Crippen LogP contribution in [0.2, 0.25) is 0 Å². The molecule has 0 aliphatic carbocycles. The molecular weight excluding hydrogens is 81.8 g/mol. The van der Waals surface area contributed by atoms with Crippen molar-refractivity contribution in [3.8, 4) is 0 Å². The average Bonchev–Trinajstić information content (AvgIpc) is 1.76. The van der Waals surface area contributed by atoms with Crippen molar-refractivity contribution in [2.45, 2.75) is 12.8 Å². The van der Waals surface area contributed by atoms with Crippen LogP contribution in [0.3, 0.4) is 0 Å². The molecule has 0 saturated carbocycles. The van der Waals surface area contributed by atoms with Gasteiger partial charge in [-0.25, -0.2) is 0 Å². The molecule has 0 spiro atoms. The molecule has 0 aromatic heterocycles. The third kappa shape index (κ3) is 4.48. The first-order valence-electron chi connectivity index (χ1n) is 2.08. The molecule has 7 heavy (non-hydrogen) atoms. The largest absolute Gasteiger partial charge is 1.00 e. The van der Waals surface area contributed by atoms with E-state index in [-0.39, 0.29) is 27.3 Å². The van der Waals surface area contributed by atoms with Gasteiger partial charge in [-0.1, -0.05) is 0 Å². The van der Waals surface area contributed by atoms with Crippen molar-refractivity contribution in [3.63, 3.8) is 0 Å². The second kappa shape index (κ2) is 6.62. The maximum Gasteiger partial charge on any atom is 1.00 e. The standard InChI is InChI=1S/C4H8O.B.Li/c1-2-4-5-3-1;;/h1-4H2;;/q;-1;+1. The summed E-state index contributed by atoms with van der Waals surface area (Å²) in [6.45, 7) is 2.00. The van der Waals surface area contributed by atoms with Crippen molar-refractivity contribution in [2.24, 2.45) is 0 Å². The van der Waals surface area contributed by atoms with E-state index in [1.54, 1.807) is 0 Å². The number of rotatable bonds is 0. The minimum absolute atomic E-state index is 0. The van der Waals surface area contributed by atoms with Crippen molar-refractivity contribution in [1.82, 2.24) is 0 Å². The van der Waals surface area contributed by atoms with E-state index in [0.29, 0.717) is 0 Å². The van der Waals surface area contributed by atoms with Crippen LogP contribution >= 0.6 is 0 Å². The normalized spacial score (nSPS) is 17.1. The van der Waals surface area contributed by atoms with Gasteiger partial charge in [0.25, 0.3) is 0 Å². The molecular formula is C4H8BLiO. The first-order chi connectivity index (χ1) is 2.50. The maximum atomic E-state index is 4.94. The van der Waals surface area contributed by atoms with Crippen LogP contribution in [0.15, 0.2) is 0 Å². The van der Waals surface area contributed by atoms with Gasteiger partial charge >= 0.3 is 18.9 Å². The van der Waals surface area contributed by atoms with Crippen molar-refractivity contribution in [2.75, 3.05) is 13.2 Å². The minimum atomic E-state index is 0. The molecule has 1 heterocycles. The van der Waals surface area contributed by atoms with Gasteiger partial charge in [0.15, 0.2) is 0 Å². The van der Waals surface area contributed by atoms with Gasteiger partial charge in [-0.2, -0.15) is 0 Å². The van der Waals surface area contributed by atoms with Crippen LogP contribution in [-0.4, -0.2) is 21.6 Å². The topological polar surface area (TPSA) is 9.23 Å². The molecule has 0 N–H and O–H groups in total. The molecule has 34 valence electrons. The number of hydrogen-bond acceptors (Lipinski definition) is 1. The Morgan fingerprint density at radius 1 is 1.00 bits per heavy atom. The zero-order chi connectivity index (χ0) is 3.54. The van der Waals surface area contributed by atoms with E-state index in [1.807, 2.05) is 0 Å². The fourth-order valence-electron chi connectivity index (χ4n) is 0.510. The molecule has 1 fully saturated rings. The Morgan fingerprint density at radius 3 is 1.57 bits per heavy atom. The monoisotopic (exact) mass is 90.1 g/mol. The van der Waals surface area contributed by atoms with E-state index in [0.717, 1.165) is 13.2 Å². The van der Waals surface area contributed by atoms with Crippen LogP contribution in [0.25, 0.3) is 0 Å². The maximum absolute atomic E-state index is 4.94. The zero-order valence-electron chi connectivity index (χ0n) is 4.81. The summed E-state index contributed by atoms with van der Waals surface area (Å²) in [7, 11) is 0. The van der Waals surface area contributed by atoms with Crippen LogP contribution in [0.5, 0.6) is 0 Å². The van der Waals surface area contributed by atoms with Gasteiger partial charge in [-0.15, -0.1) is 0 Å². The molecule has 1 aliphatic rings. The second-order valence-corrected chi connectivity index (χ2v) is 1.32. The fourth-order valence-corrected chi connectivity index (χ4v) is 0.510. The van der Waals surface area contributed by atoms with Gasteiger partial charge < -0.3 is 13.1 Å². The Labute approximate surface area is 58.6 Å². The summed E-state index contributed by atoms with van der Waals surface area (Å²) in [4.78, 5) is 0. The quantitative estimate of drug-likeness (QED) is 0.297. The molecule has 0 aromatic carbocycles. The third-order valence-electron chi connectivity index (χ3n) is 0.827. The predicted octanol–water partition coefficient (Wildman–Crippen LogP) is -2.58. The Balaban J connectivity index is 0. The average molecular weight is 89.9 g/mol. The molecule has 0 aromatic rings. The van der Waals surface area contributed by atoms with Crippen molar-refractivity contribution < 1.29 is 23.6 Å². The Morgan fingerprint density at radius 2 is 1.43 bits per heavy atom. The summed E-state index contributed by atoms with van der Waals surface area (Å²) in [5.74, 6) is 0. The van der Waals surface area contributed by atoms with E-state index in [4.69, 9.17) is 4.74 Å². The molecule has 4 radical (unpaired) electrons. The Hall–Kier alpha value is 0.622.